The van der Waals surface area contributed by atoms with Crippen LogP contribution in [0, 0.1) is 5.92 Å². The average molecular weight is 301 g/mol. The highest BCUT2D eigenvalue weighted by Gasteiger charge is 2.21. The molecule has 1 fully saturated rings. The zero-order valence-corrected chi connectivity index (χ0v) is 12.3. The molecule has 0 aliphatic heterocycles. The third-order valence-corrected chi connectivity index (χ3v) is 2.99. The molecule has 1 atom stereocenters. The molecule has 0 saturated heterocycles. The summed E-state index contributed by atoms with van der Waals surface area (Å²) in [6.07, 6.45) is 2.54. The molecular formula is C14H21ClN2O3. The van der Waals surface area contributed by atoms with Gasteiger partial charge in [0.1, 0.15) is 11.8 Å². The minimum atomic E-state index is -0.657. The van der Waals surface area contributed by atoms with E-state index in [1.807, 2.05) is 12.1 Å². The van der Waals surface area contributed by atoms with Crippen molar-refractivity contribution >= 4 is 24.0 Å². The maximum atomic E-state index is 11.7. The predicted molar refractivity (Wildman–Crippen MR) is 80.4 cm³/mol. The number of carbonyl (C=O) groups is 1. The summed E-state index contributed by atoms with van der Waals surface area (Å²) in [6.45, 7) is 0.985. The second-order valence-electron chi connectivity index (χ2n) is 4.83. The summed E-state index contributed by atoms with van der Waals surface area (Å²) in [7, 11) is 1.51. The van der Waals surface area contributed by atoms with E-state index in [0.717, 1.165) is 18.3 Å². The predicted octanol–water partition coefficient (Wildman–Crippen LogP) is 1.81. The van der Waals surface area contributed by atoms with Gasteiger partial charge < -0.3 is 20.5 Å². The second kappa shape index (κ2) is 8.09. The molecule has 0 spiro atoms. The number of benzene rings is 1. The van der Waals surface area contributed by atoms with Crippen LogP contribution < -0.4 is 15.8 Å². The highest BCUT2D eigenvalue weighted by Crippen LogP contribution is 2.29. The fraction of sp³-hybridized carbons (Fsp3) is 0.500. The molecule has 5 nitrogen and oxygen atoms in total. The smallest absolute Gasteiger partial charge is 0.243 e. The fourth-order valence-electron chi connectivity index (χ4n) is 1.62. The first-order chi connectivity index (χ1) is 9.19. The SMILES string of the molecule is COCC(N)C(=O)Nc1ccc(OCC2CC2)cc1.Cl. The Morgan fingerprint density at radius 1 is 1.40 bits per heavy atom. The molecule has 3 N–H and O–H groups in total. The Kier molecular flexibility index (Phi) is 6.78. The Hall–Kier alpha value is -1.30. The molecule has 0 bridgehead atoms. The number of rotatable bonds is 7. The minimum Gasteiger partial charge on any atom is -0.493 e. The number of hydrogen-bond donors (Lipinski definition) is 2. The van der Waals surface area contributed by atoms with Crippen LogP contribution in [0.3, 0.4) is 0 Å². The van der Waals surface area contributed by atoms with E-state index in [1.54, 1.807) is 12.1 Å². The van der Waals surface area contributed by atoms with Gasteiger partial charge in [-0.15, -0.1) is 12.4 Å². The summed E-state index contributed by atoms with van der Waals surface area (Å²) >= 11 is 0. The van der Waals surface area contributed by atoms with Gasteiger partial charge in [-0.25, -0.2) is 0 Å². The molecule has 1 aliphatic rings. The molecule has 112 valence electrons. The van der Waals surface area contributed by atoms with Crippen LogP contribution in [0.25, 0.3) is 0 Å². The zero-order valence-electron chi connectivity index (χ0n) is 11.5. The summed E-state index contributed by atoms with van der Waals surface area (Å²) < 4.78 is 10.5. The van der Waals surface area contributed by atoms with Crippen molar-refractivity contribution in [1.82, 2.24) is 0 Å². The van der Waals surface area contributed by atoms with Gasteiger partial charge in [0.25, 0.3) is 0 Å². The van der Waals surface area contributed by atoms with Gasteiger partial charge in [-0.2, -0.15) is 0 Å². The molecule has 1 aromatic carbocycles. The van der Waals surface area contributed by atoms with Gasteiger partial charge in [0.15, 0.2) is 0 Å². The minimum absolute atomic E-state index is 0. The van der Waals surface area contributed by atoms with E-state index in [9.17, 15) is 4.79 Å². The average Bonchev–Trinajstić information content (AvgIpc) is 3.22. The first-order valence-electron chi connectivity index (χ1n) is 6.47. The van der Waals surface area contributed by atoms with Crippen molar-refractivity contribution < 1.29 is 14.3 Å². The van der Waals surface area contributed by atoms with E-state index in [2.05, 4.69) is 5.32 Å². The Labute approximate surface area is 125 Å². The number of methoxy groups -OCH3 is 1. The van der Waals surface area contributed by atoms with E-state index in [0.29, 0.717) is 5.69 Å². The van der Waals surface area contributed by atoms with Crippen LogP contribution in [-0.4, -0.2) is 32.3 Å². The molecule has 1 unspecified atom stereocenters. The van der Waals surface area contributed by atoms with Crippen molar-refractivity contribution in [3.8, 4) is 5.75 Å². The zero-order chi connectivity index (χ0) is 13.7. The lowest BCUT2D eigenvalue weighted by atomic mass is 10.2. The van der Waals surface area contributed by atoms with Crippen LogP contribution in [0.15, 0.2) is 24.3 Å². The molecule has 1 saturated carbocycles. The van der Waals surface area contributed by atoms with Gasteiger partial charge >= 0.3 is 0 Å². The molecule has 1 aromatic rings. The highest BCUT2D eigenvalue weighted by molar-refractivity contribution is 5.94. The number of anilines is 1. The Morgan fingerprint density at radius 2 is 2.05 bits per heavy atom. The van der Waals surface area contributed by atoms with Crippen molar-refractivity contribution in [2.24, 2.45) is 11.7 Å². The first-order valence-corrected chi connectivity index (χ1v) is 6.47. The van der Waals surface area contributed by atoms with Gasteiger partial charge in [-0.3, -0.25) is 4.79 Å². The summed E-state index contributed by atoms with van der Waals surface area (Å²) in [5, 5.41) is 2.73. The van der Waals surface area contributed by atoms with Crippen LogP contribution in [-0.2, 0) is 9.53 Å². The number of ether oxygens (including phenoxy) is 2. The number of amides is 1. The lowest BCUT2D eigenvalue weighted by Crippen LogP contribution is -2.39. The molecular weight excluding hydrogens is 280 g/mol. The van der Waals surface area contributed by atoms with Gasteiger partial charge in [-0.1, -0.05) is 0 Å². The highest BCUT2D eigenvalue weighted by atomic mass is 35.5. The summed E-state index contributed by atoms with van der Waals surface area (Å²) in [5.74, 6) is 1.30. The quantitative estimate of drug-likeness (QED) is 0.805. The van der Waals surface area contributed by atoms with E-state index < -0.39 is 6.04 Å². The standard InChI is InChI=1S/C14H20N2O3.ClH/c1-18-9-13(15)14(17)16-11-4-6-12(7-5-11)19-8-10-2-3-10;/h4-7,10,13H,2-3,8-9,15H2,1H3,(H,16,17);1H. The number of nitrogens with two attached hydrogens (primary N) is 1. The van der Waals surface area contributed by atoms with Crippen molar-refractivity contribution in [3.63, 3.8) is 0 Å². The van der Waals surface area contributed by atoms with E-state index in [-0.39, 0.29) is 24.9 Å². The first kappa shape index (κ1) is 16.8. The molecule has 6 heteroatoms. The Morgan fingerprint density at radius 3 is 2.60 bits per heavy atom. The number of nitrogens with one attached hydrogen (secondary N) is 1. The third-order valence-electron chi connectivity index (χ3n) is 2.99. The lowest BCUT2D eigenvalue weighted by molar-refractivity contribution is -0.118. The van der Waals surface area contributed by atoms with Crippen molar-refractivity contribution in [2.75, 3.05) is 25.6 Å². The maximum Gasteiger partial charge on any atom is 0.243 e. The third kappa shape index (κ3) is 5.36. The number of halogens is 1. The van der Waals surface area contributed by atoms with E-state index in [1.165, 1.54) is 20.0 Å². The van der Waals surface area contributed by atoms with E-state index in [4.69, 9.17) is 15.2 Å². The van der Waals surface area contributed by atoms with Gasteiger partial charge in [0.05, 0.1) is 13.2 Å². The molecule has 0 radical (unpaired) electrons. The van der Waals surface area contributed by atoms with Gasteiger partial charge in [0.2, 0.25) is 5.91 Å². The Bertz CT molecular complexity index is 421. The fourth-order valence-corrected chi connectivity index (χ4v) is 1.62. The topological polar surface area (TPSA) is 73.6 Å². The largest absolute Gasteiger partial charge is 0.493 e. The summed E-state index contributed by atoms with van der Waals surface area (Å²) in [6, 6.07) is 6.65. The number of hydrogen-bond acceptors (Lipinski definition) is 4. The van der Waals surface area contributed by atoms with Crippen LogP contribution in [0.1, 0.15) is 12.8 Å². The second-order valence-corrected chi connectivity index (χ2v) is 4.83. The molecule has 0 aromatic heterocycles. The Balaban J connectivity index is 0.00000200. The normalized spacial score (nSPS) is 15.1. The van der Waals surface area contributed by atoms with Crippen LogP contribution in [0.4, 0.5) is 5.69 Å². The van der Waals surface area contributed by atoms with Crippen LogP contribution in [0.2, 0.25) is 0 Å². The summed E-state index contributed by atoms with van der Waals surface area (Å²) in [4.78, 5) is 11.7. The molecule has 1 amide bonds. The van der Waals surface area contributed by atoms with Crippen molar-refractivity contribution in [3.05, 3.63) is 24.3 Å². The molecule has 1 aliphatic carbocycles. The van der Waals surface area contributed by atoms with Crippen LogP contribution >= 0.6 is 12.4 Å². The molecule has 0 heterocycles. The van der Waals surface area contributed by atoms with Gasteiger partial charge in [-0.05, 0) is 43.0 Å². The lowest BCUT2D eigenvalue weighted by Gasteiger charge is -2.11. The van der Waals surface area contributed by atoms with Crippen molar-refractivity contribution in [1.29, 1.82) is 0 Å². The maximum absolute atomic E-state index is 11.7. The number of carbonyl (C=O) groups excluding carboxylic acids is 1. The summed E-state index contributed by atoms with van der Waals surface area (Å²) in [5.41, 5.74) is 6.34. The van der Waals surface area contributed by atoms with E-state index >= 15 is 0 Å². The van der Waals surface area contributed by atoms with Gasteiger partial charge in [0, 0.05) is 12.8 Å². The van der Waals surface area contributed by atoms with Crippen molar-refractivity contribution in [2.45, 2.75) is 18.9 Å². The molecule has 2 rings (SSSR count). The molecule has 20 heavy (non-hydrogen) atoms. The monoisotopic (exact) mass is 300 g/mol. The van der Waals surface area contributed by atoms with Crippen LogP contribution in [0.5, 0.6) is 5.75 Å².